The zero-order valence-electron chi connectivity index (χ0n) is 22.8. The predicted molar refractivity (Wildman–Crippen MR) is 140 cm³/mol. The van der Waals surface area contributed by atoms with Gasteiger partial charge in [0.25, 0.3) is 0 Å². The summed E-state index contributed by atoms with van der Waals surface area (Å²) in [6, 6.07) is 5.35. The van der Waals surface area contributed by atoms with E-state index in [2.05, 4.69) is 24.5 Å². The van der Waals surface area contributed by atoms with E-state index in [1.54, 1.807) is 37.8 Å². The molecule has 36 heavy (non-hydrogen) atoms. The minimum absolute atomic E-state index is 0.0251. The Bertz CT molecular complexity index is 874. The van der Waals surface area contributed by atoms with Crippen LogP contribution in [0, 0.1) is 5.92 Å². The number of benzene rings is 1. The number of hydrogen-bond acceptors (Lipinski definition) is 5. The molecule has 3 amide bonds. The molecule has 1 aromatic carbocycles. The molecule has 0 bridgehead atoms. The van der Waals surface area contributed by atoms with E-state index >= 15 is 0 Å². The smallest absolute Gasteiger partial charge is 0.408 e. The van der Waals surface area contributed by atoms with Crippen LogP contribution in [0.1, 0.15) is 98.1 Å². The van der Waals surface area contributed by atoms with E-state index in [-0.39, 0.29) is 36.2 Å². The SMILES string of the molecule is CC(C)CCC(C)N(C(=O)CNC(=O)OC(C)(C)C)C(C(=O)NC1CCCCC1)c1cccc(O)c1. The summed E-state index contributed by atoms with van der Waals surface area (Å²) in [5, 5.41) is 15.9. The second-order valence-electron chi connectivity index (χ2n) is 11.3. The third kappa shape index (κ3) is 9.70. The lowest BCUT2D eigenvalue weighted by Crippen LogP contribution is -2.52. The second kappa shape index (κ2) is 13.5. The van der Waals surface area contributed by atoms with Gasteiger partial charge in [0, 0.05) is 12.1 Å². The van der Waals surface area contributed by atoms with Gasteiger partial charge in [-0.2, -0.15) is 0 Å². The molecule has 2 unspecified atom stereocenters. The number of nitrogens with one attached hydrogen (secondary N) is 2. The highest BCUT2D eigenvalue weighted by atomic mass is 16.6. The van der Waals surface area contributed by atoms with Crippen LogP contribution in [0.4, 0.5) is 4.79 Å². The number of amides is 3. The maximum Gasteiger partial charge on any atom is 0.408 e. The first-order chi connectivity index (χ1) is 16.9. The van der Waals surface area contributed by atoms with Crippen molar-refractivity contribution in [1.82, 2.24) is 15.5 Å². The topological polar surface area (TPSA) is 108 Å². The summed E-state index contributed by atoms with van der Waals surface area (Å²) >= 11 is 0. The Morgan fingerprint density at radius 1 is 1.08 bits per heavy atom. The minimum Gasteiger partial charge on any atom is -0.508 e. The molecule has 8 heteroatoms. The Morgan fingerprint density at radius 2 is 1.75 bits per heavy atom. The van der Waals surface area contributed by atoms with Crippen molar-refractivity contribution in [3.63, 3.8) is 0 Å². The first kappa shape index (κ1) is 29.5. The Morgan fingerprint density at radius 3 is 2.33 bits per heavy atom. The van der Waals surface area contributed by atoms with Crippen molar-refractivity contribution >= 4 is 17.9 Å². The van der Waals surface area contributed by atoms with Crippen LogP contribution < -0.4 is 10.6 Å². The zero-order valence-corrected chi connectivity index (χ0v) is 22.8. The third-order valence-corrected chi connectivity index (χ3v) is 6.37. The van der Waals surface area contributed by atoms with Crippen LogP contribution in [0.15, 0.2) is 24.3 Å². The van der Waals surface area contributed by atoms with E-state index in [1.165, 1.54) is 12.1 Å². The first-order valence-electron chi connectivity index (χ1n) is 13.2. The molecular formula is C28H45N3O5. The molecule has 0 aliphatic heterocycles. The number of phenolic OH excluding ortho intramolecular Hbond substituents is 1. The Hall–Kier alpha value is -2.77. The van der Waals surface area contributed by atoms with Gasteiger partial charge < -0.3 is 25.4 Å². The van der Waals surface area contributed by atoms with Gasteiger partial charge in [-0.15, -0.1) is 0 Å². The zero-order chi connectivity index (χ0) is 26.9. The number of aromatic hydroxyl groups is 1. The number of phenols is 1. The molecule has 3 N–H and O–H groups in total. The van der Waals surface area contributed by atoms with Crippen molar-refractivity contribution in [2.24, 2.45) is 5.92 Å². The van der Waals surface area contributed by atoms with E-state index in [9.17, 15) is 19.5 Å². The highest BCUT2D eigenvalue weighted by Crippen LogP contribution is 2.29. The van der Waals surface area contributed by atoms with Crippen LogP contribution in [0.5, 0.6) is 5.75 Å². The van der Waals surface area contributed by atoms with Gasteiger partial charge in [-0.05, 0) is 77.0 Å². The summed E-state index contributed by atoms with van der Waals surface area (Å²) in [7, 11) is 0. The largest absolute Gasteiger partial charge is 0.508 e. The maximum absolute atomic E-state index is 13.7. The number of carbonyl (C=O) groups excluding carboxylic acids is 3. The summed E-state index contributed by atoms with van der Waals surface area (Å²) < 4.78 is 5.28. The average molecular weight is 504 g/mol. The fourth-order valence-corrected chi connectivity index (χ4v) is 4.57. The number of nitrogens with zero attached hydrogens (tertiary/aromatic N) is 1. The van der Waals surface area contributed by atoms with Crippen molar-refractivity contribution in [3.8, 4) is 5.75 Å². The predicted octanol–water partition coefficient (Wildman–Crippen LogP) is 5.06. The van der Waals surface area contributed by atoms with E-state index in [4.69, 9.17) is 4.74 Å². The minimum atomic E-state index is -0.936. The van der Waals surface area contributed by atoms with Gasteiger partial charge in [0.05, 0.1) is 0 Å². The molecule has 8 nitrogen and oxygen atoms in total. The van der Waals surface area contributed by atoms with Gasteiger partial charge in [0.1, 0.15) is 23.9 Å². The molecule has 1 fully saturated rings. The Kier molecular flexibility index (Phi) is 11.1. The van der Waals surface area contributed by atoms with Crippen LogP contribution >= 0.6 is 0 Å². The summed E-state index contributed by atoms with van der Waals surface area (Å²) in [5.74, 6) is -0.199. The van der Waals surface area contributed by atoms with Gasteiger partial charge in [-0.1, -0.05) is 45.2 Å². The molecule has 2 rings (SSSR count). The van der Waals surface area contributed by atoms with Crippen LogP contribution in [-0.2, 0) is 14.3 Å². The molecule has 2 atom stereocenters. The summed E-state index contributed by atoms with van der Waals surface area (Å²) in [6.45, 7) is 11.1. The number of ether oxygens (including phenoxy) is 1. The molecule has 0 radical (unpaired) electrons. The van der Waals surface area contributed by atoms with Gasteiger partial charge in [-0.3, -0.25) is 9.59 Å². The fraction of sp³-hybridized carbons (Fsp3) is 0.679. The average Bonchev–Trinajstić information content (AvgIpc) is 2.78. The normalized spacial score (nSPS) is 16.2. The van der Waals surface area contributed by atoms with Crippen LogP contribution in [0.2, 0.25) is 0 Å². The number of rotatable bonds is 10. The highest BCUT2D eigenvalue weighted by molar-refractivity contribution is 5.90. The standard InChI is InChI=1S/C28H45N3O5/c1-19(2)15-16-20(3)31(24(33)18-29-27(35)36-28(4,5)6)25(21-11-10-14-23(32)17-21)26(34)30-22-12-8-7-9-13-22/h10-11,14,17,19-20,22,25,32H,7-9,12-13,15-16,18H2,1-6H3,(H,29,35)(H,30,34). The van der Waals surface area contributed by atoms with Gasteiger partial charge in [-0.25, -0.2) is 4.79 Å². The fourth-order valence-electron chi connectivity index (χ4n) is 4.57. The first-order valence-corrected chi connectivity index (χ1v) is 13.2. The Labute approximate surface area is 216 Å². The van der Waals surface area contributed by atoms with E-state index in [0.29, 0.717) is 17.9 Å². The van der Waals surface area contributed by atoms with Crippen LogP contribution in [0.3, 0.4) is 0 Å². The van der Waals surface area contributed by atoms with Crippen LogP contribution in [-0.4, -0.2) is 52.1 Å². The van der Waals surface area contributed by atoms with E-state index < -0.39 is 17.7 Å². The molecule has 0 aromatic heterocycles. The van der Waals surface area contributed by atoms with Gasteiger partial charge >= 0.3 is 6.09 Å². The summed E-state index contributed by atoms with van der Waals surface area (Å²) in [6.07, 6.45) is 6.00. The molecule has 0 saturated heterocycles. The van der Waals surface area contributed by atoms with Gasteiger partial charge in [0.15, 0.2) is 0 Å². The summed E-state index contributed by atoms with van der Waals surface area (Å²) in [5.41, 5.74) is -0.160. The van der Waals surface area contributed by atoms with Crippen molar-refractivity contribution < 1.29 is 24.2 Å². The monoisotopic (exact) mass is 503 g/mol. The second-order valence-corrected chi connectivity index (χ2v) is 11.3. The molecule has 1 saturated carbocycles. The van der Waals surface area contributed by atoms with E-state index in [1.807, 2.05) is 6.92 Å². The lowest BCUT2D eigenvalue weighted by Gasteiger charge is -2.37. The molecule has 1 aromatic rings. The summed E-state index contributed by atoms with van der Waals surface area (Å²) in [4.78, 5) is 41.1. The lowest BCUT2D eigenvalue weighted by molar-refractivity contribution is -0.143. The van der Waals surface area contributed by atoms with Gasteiger partial charge in [0.2, 0.25) is 11.8 Å². The Balaban J connectivity index is 2.36. The van der Waals surface area contributed by atoms with Crippen molar-refractivity contribution in [1.29, 1.82) is 0 Å². The molecule has 0 heterocycles. The third-order valence-electron chi connectivity index (χ3n) is 6.37. The lowest BCUT2D eigenvalue weighted by atomic mass is 9.94. The number of carbonyl (C=O) groups is 3. The molecule has 1 aliphatic carbocycles. The van der Waals surface area contributed by atoms with Crippen molar-refractivity contribution in [2.75, 3.05) is 6.54 Å². The van der Waals surface area contributed by atoms with Crippen LogP contribution in [0.25, 0.3) is 0 Å². The van der Waals surface area contributed by atoms with E-state index in [0.717, 1.165) is 38.5 Å². The highest BCUT2D eigenvalue weighted by Gasteiger charge is 2.36. The number of hydrogen-bond donors (Lipinski definition) is 3. The molecular weight excluding hydrogens is 458 g/mol. The molecule has 0 spiro atoms. The number of alkyl carbamates (subject to hydrolysis) is 1. The van der Waals surface area contributed by atoms with Crippen molar-refractivity contribution in [2.45, 2.75) is 110 Å². The quantitative estimate of drug-likeness (QED) is 0.414. The molecule has 202 valence electrons. The molecule has 1 aliphatic rings. The maximum atomic E-state index is 13.7. The van der Waals surface area contributed by atoms with Crippen molar-refractivity contribution in [3.05, 3.63) is 29.8 Å².